The van der Waals surface area contributed by atoms with Crippen LogP contribution >= 0.6 is 0 Å². The fourth-order valence-corrected chi connectivity index (χ4v) is 4.51. The predicted octanol–water partition coefficient (Wildman–Crippen LogP) is 2.75. The first kappa shape index (κ1) is 21.5. The van der Waals surface area contributed by atoms with Crippen LogP contribution in [0.4, 0.5) is 0 Å². The number of sulfonamides is 1. The van der Waals surface area contributed by atoms with Crippen LogP contribution < -0.4 is 14.2 Å². The highest BCUT2D eigenvalue weighted by molar-refractivity contribution is 7.89. The molecule has 4 aromatic rings. The van der Waals surface area contributed by atoms with Gasteiger partial charge in [-0.15, -0.1) is 5.10 Å². The maximum Gasteiger partial charge on any atom is 0.241 e. The average Bonchev–Trinajstić information content (AvgIpc) is 3.37. The van der Waals surface area contributed by atoms with Crippen molar-refractivity contribution < 1.29 is 17.9 Å². The number of tetrazole rings is 1. The van der Waals surface area contributed by atoms with Gasteiger partial charge in [0.25, 0.3) is 0 Å². The second-order valence-electron chi connectivity index (χ2n) is 6.83. The van der Waals surface area contributed by atoms with E-state index < -0.39 is 16.1 Å². The molecule has 164 valence electrons. The smallest absolute Gasteiger partial charge is 0.241 e. The Balaban J connectivity index is 1.71. The Labute approximate surface area is 185 Å². The van der Waals surface area contributed by atoms with E-state index in [0.29, 0.717) is 17.2 Å². The lowest BCUT2D eigenvalue weighted by Crippen LogP contribution is -2.29. The first-order chi connectivity index (χ1) is 15.5. The maximum absolute atomic E-state index is 13.3. The Morgan fingerprint density at radius 3 is 2.25 bits per heavy atom. The van der Waals surface area contributed by atoms with E-state index >= 15 is 0 Å². The summed E-state index contributed by atoms with van der Waals surface area (Å²) in [6, 6.07) is 20.5. The summed E-state index contributed by atoms with van der Waals surface area (Å²) in [5, 5.41) is 11.0. The molecule has 1 unspecified atom stereocenters. The monoisotopic (exact) mass is 451 g/mol. The Hall–Kier alpha value is -3.76. The fraction of sp³-hybridized carbons (Fsp3) is 0.136. The van der Waals surface area contributed by atoms with Gasteiger partial charge in [-0.3, -0.25) is 0 Å². The first-order valence-corrected chi connectivity index (χ1v) is 11.1. The van der Waals surface area contributed by atoms with Gasteiger partial charge in [0.05, 0.1) is 25.2 Å². The summed E-state index contributed by atoms with van der Waals surface area (Å²) in [5.41, 5.74) is 2.10. The molecule has 32 heavy (non-hydrogen) atoms. The third kappa shape index (κ3) is 4.46. The summed E-state index contributed by atoms with van der Waals surface area (Å²) in [6.45, 7) is 0. The fourth-order valence-electron chi connectivity index (χ4n) is 3.28. The molecule has 1 aromatic heterocycles. The molecule has 0 bridgehead atoms. The molecule has 1 heterocycles. The van der Waals surface area contributed by atoms with Crippen molar-refractivity contribution >= 4 is 10.0 Å². The minimum absolute atomic E-state index is 0.0561. The topological polar surface area (TPSA) is 108 Å². The summed E-state index contributed by atoms with van der Waals surface area (Å²) in [7, 11) is -0.874. The molecule has 4 rings (SSSR count). The third-order valence-electron chi connectivity index (χ3n) is 4.91. The van der Waals surface area contributed by atoms with Crippen molar-refractivity contribution in [2.45, 2.75) is 10.9 Å². The quantitative estimate of drug-likeness (QED) is 0.439. The molecular formula is C22H21N5O4S. The molecule has 0 aliphatic rings. The second kappa shape index (κ2) is 9.16. The second-order valence-corrected chi connectivity index (χ2v) is 8.54. The van der Waals surface area contributed by atoms with Gasteiger partial charge in [0.15, 0.2) is 0 Å². The van der Waals surface area contributed by atoms with Gasteiger partial charge in [0.2, 0.25) is 10.0 Å². The summed E-state index contributed by atoms with van der Waals surface area (Å²) in [5.74, 6) is 1.01. The summed E-state index contributed by atoms with van der Waals surface area (Å²) >= 11 is 0. The number of rotatable bonds is 8. The molecule has 1 N–H and O–H groups in total. The van der Waals surface area contributed by atoms with E-state index in [1.807, 2.05) is 42.5 Å². The van der Waals surface area contributed by atoms with E-state index in [1.54, 1.807) is 25.3 Å². The van der Waals surface area contributed by atoms with Crippen molar-refractivity contribution in [1.29, 1.82) is 0 Å². The van der Waals surface area contributed by atoms with Gasteiger partial charge in [0.1, 0.15) is 23.5 Å². The van der Waals surface area contributed by atoms with Crippen LogP contribution in [0.2, 0.25) is 0 Å². The van der Waals surface area contributed by atoms with Crippen LogP contribution in [0.15, 0.2) is 84.0 Å². The van der Waals surface area contributed by atoms with E-state index in [1.165, 1.54) is 30.3 Å². The Bertz CT molecular complexity index is 1280. The predicted molar refractivity (Wildman–Crippen MR) is 117 cm³/mol. The molecule has 0 aliphatic carbocycles. The van der Waals surface area contributed by atoms with Crippen molar-refractivity contribution in [2.24, 2.45) is 0 Å². The minimum atomic E-state index is -3.91. The van der Waals surface area contributed by atoms with Crippen molar-refractivity contribution in [3.05, 3.63) is 90.3 Å². The van der Waals surface area contributed by atoms with Crippen LogP contribution in [-0.4, -0.2) is 42.8 Å². The van der Waals surface area contributed by atoms with Crippen LogP contribution in [0.3, 0.4) is 0 Å². The summed E-state index contributed by atoms with van der Waals surface area (Å²) < 4.78 is 41.5. The number of ether oxygens (including phenoxy) is 2. The van der Waals surface area contributed by atoms with Crippen molar-refractivity contribution in [1.82, 2.24) is 24.9 Å². The van der Waals surface area contributed by atoms with Crippen LogP contribution in [0.25, 0.3) is 5.69 Å². The standard InChI is InChI=1S/C22H21N5O4S/c1-30-18-10-8-17(9-11-18)22(16-6-4-3-5-7-16)24-32(28,29)19-12-13-20(21(14-19)31-2)27-15-23-25-26-27/h3-15,22,24H,1-2H3. The SMILES string of the molecule is COc1ccc(C(NS(=O)(=O)c2ccc(-n3cnnn3)c(OC)c2)c2ccccc2)cc1. The molecule has 0 amide bonds. The summed E-state index contributed by atoms with van der Waals surface area (Å²) in [6.07, 6.45) is 1.40. The molecule has 9 nitrogen and oxygen atoms in total. The molecule has 0 aliphatic heterocycles. The molecule has 1 atom stereocenters. The number of nitrogens with one attached hydrogen (secondary N) is 1. The first-order valence-electron chi connectivity index (χ1n) is 9.64. The third-order valence-corrected chi connectivity index (χ3v) is 6.33. The van der Waals surface area contributed by atoms with Crippen LogP contribution in [0.5, 0.6) is 11.5 Å². The van der Waals surface area contributed by atoms with Gasteiger partial charge < -0.3 is 9.47 Å². The largest absolute Gasteiger partial charge is 0.497 e. The number of hydrogen-bond donors (Lipinski definition) is 1. The van der Waals surface area contributed by atoms with E-state index in [2.05, 4.69) is 20.2 Å². The maximum atomic E-state index is 13.3. The van der Waals surface area contributed by atoms with Gasteiger partial charge in [-0.1, -0.05) is 42.5 Å². The van der Waals surface area contributed by atoms with E-state index in [-0.39, 0.29) is 4.90 Å². The molecule has 0 radical (unpaired) electrons. The van der Waals surface area contributed by atoms with Gasteiger partial charge in [0, 0.05) is 6.07 Å². The molecule has 0 fully saturated rings. The lowest BCUT2D eigenvalue weighted by molar-refractivity contribution is 0.410. The lowest BCUT2D eigenvalue weighted by atomic mass is 10.00. The lowest BCUT2D eigenvalue weighted by Gasteiger charge is -2.20. The average molecular weight is 452 g/mol. The normalized spacial score (nSPS) is 12.3. The number of hydrogen-bond acceptors (Lipinski definition) is 7. The van der Waals surface area contributed by atoms with Gasteiger partial charge in [-0.2, -0.15) is 9.40 Å². The number of methoxy groups -OCH3 is 2. The Morgan fingerprint density at radius 2 is 1.62 bits per heavy atom. The molecule has 0 saturated carbocycles. The Morgan fingerprint density at radius 1 is 0.906 bits per heavy atom. The van der Waals surface area contributed by atoms with Crippen LogP contribution in [0, 0.1) is 0 Å². The molecule has 10 heteroatoms. The van der Waals surface area contributed by atoms with E-state index in [9.17, 15) is 8.42 Å². The highest BCUT2D eigenvalue weighted by atomic mass is 32.2. The highest BCUT2D eigenvalue weighted by Gasteiger charge is 2.24. The van der Waals surface area contributed by atoms with Crippen molar-refractivity contribution in [3.8, 4) is 17.2 Å². The molecule has 0 spiro atoms. The van der Waals surface area contributed by atoms with Crippen LogP contribution in [-0.2, 0) is 10.0 Å². The zero-order chi connectivity index (χ0) is 22.6. The number of nitrogens with zero attached hydrogens (tertiary/aromatic N) is 4. The van der Waals surface area contributed by atoms with Gasteiger partial charge in [-0.05, 0) is 45.8 Å². The summed E-state index contributed by atoms with van der Waals surface area (Å²) in [4.78, 5) is 0.0561. The van der Waals surface area contributed by atoms with Crippen LogP contribution in [0.1, 0.15) is 17.2 Å². The Kier molecular flexibility index (Phi) is 6.15. The molecule has 3 aromatic carbocycles. The molecular weight excluding hydrogens is 430 g/mol. The minimum Gasteiger partial charge on any atom is -0.497 e. The van der Waals surface area contributed by atoms with Crippen molar-refractivity contribution in [3.63, 3.8) is 0 Å². The van der Waals surface area contributed by atoms with E-state index in [4.69, 9.17) is 9.47 Å². The van der Waals surface area contributed by atoms with Crippen molar-refractivity contribution in [2.75, 3.05) is 14.2 Å². The number of aromatic nitrogens is 4. The van der Waals surface area contributed by atoms with Gasteiger partial charge >= 0.3 is 0 Å². The zero-order valence-corrected chi connectivity index (χ0v) is 18.2. The highest BCUT2D eigenvalue weighted by Crippen LogP contribution is 2.29. The zero-order valence-electron chi connectivity index (χ0n) is 17.4. The van der Waals surface area contributed by atoms with E-state index in [0.717, 1.165) is 11.1 Å². The van der Waals surface area contributed by atoms with Gasteiger partial charge in [-0.25, -0.2) is 8.42 Å². The molecule has 0 saturated heterocycles. The number of benzene rings is 3.